The molecule has 4 nitrogen and oxygen atoms in total. The number of thiophene rings is 1. The van der Waals surface area contributed by atoms with Crippen LogP contribution in [0.5, 0.6) is 0 Å². The van der Waals surface area contributed by atoms with Gasteiger partial charge in [-0.1, -0.05) is 17.8 Å². The smallest absolute Gasteiger partial charge is 0.0947 e. The van der Waals surface area contributed by atoms with Gasteiger partial charge in [0.1, 0.15) is 0 Å². The molecule has 4 heterocycles. The molecule has 1 N–H and O–H groups in total. The van der Waals surface area contributed by atoms with Gasteiger partial charge in [-0.25, -0.2) is 0 Å². The van der Waals surface area contributed by atoms with Crippen LogP contribution in [-0.2, 0) is 4.74 Å². The molecule has 2 aliphatic rings. The Morgan fingerprint density at radius 1 is 1.37 bits per heavy atom. The zero-order chi connectivity index (χ0) is 17.2. The fourth-order valence-electron chi connectivity index (χ4n) is 3.50. The summed E-state index contributed by atoms with van der Waals surface area (Å²) < 4.78 is 6.65. The third-order valence-electron chi connectivity index (χ3n) is 4.67. The van der Waals surface area contributed by atoms with Gasteiger partial charge in [-0.3, -0.25) is 4.98 Å². The average molecular weight is 446 g/mol. The molecule has 1 atom stereocenters. The van der Waals surface area contributed by atoms with Crippen molar-refractivity contribution in [3.63, 3.8) is 0 Å². The summed E-state index contributed by atoms with van der Waals surface area (Å²) >= 11 is 3.70. The first-order valence-corrected chi connectivity index (χ1v) is 10.4. The summed E-state index contributed by atoms with van der Waals surface area (Å²) in [4.78, 5) is 8.64. The van der Waals surface area contributed by atoms with E-state index in [0.29, 0.717) is 6.04 Å². The first kappa shape index (κ1) is 22.5. The van der Waals surface area contributed by atoms with Crippen molar-refractivity contribution in [1.82, 2.24) is 15.2 Å². The van der Waals surface area contributed by atoms with E-state index in [9.17, 15) is 0 Å². The molecule has 1 fully saturated rings. The minimum Gasteiger partial charge on any atom is -0.385 e. The lowest BCUT2D eigenvalue weighted by Crippen LogP contribution is -2.52. The lowest BCUT2D eigenvalue weighted by molar-refractivity contribution is 0.166. The molecule has 1 saturated heterocycles. The van der Waals surface area contributed by atoms with Gasteiger partial charge >= 0.3 is 0 Å². The molecule has 0 spiro atoms. The number of fused-ring (bicyclic) bond motifs is 2. The summed E-state index contributed by atoms with van der Waals surface area (Å²) in [5.41, 5.74) is 2.63. The molecule has 1 unspecified atom stereocenters. The second-order valence-electron chi connectivity index (χ2n) is 6.46. The summed E-state index contributed by atoms with van der Waals surface area (Å²) in [6.07, 6.45) is 2.94. The van der Waals surface area contributed by atoms with Crippen LogP contribution in [0.3, 0.4) is 0 Å². The van der Waals surface area contributed by atoms with Gasteiger partial charge in [0.05, 0.1) is 15.3 Å². The lowest BCUT2D eigenvalue weighted by Gasteiger charge is -2.36. The highest BCUT2D eigenvalue weighted by Gasteiger charge is 2.26. The molecule has 0 bridgehead atoms. The van der Waals surface area contributed by atoms with Crippen molar-refractivity contribution in [2.24, 2.45) is 0 Å². The molecular formula is C19H25Cl2N3OS2. The van der Waals surface area contributed by atoms with Crippen LogP contribution in [-0.4, -0.2) is 49.3 Å². The summed E-state index contributed by atoms with van der Waals surface area (Å²) in [6.45, 7) is 5.98. The van der Waals surface area contributed by atoms with E-state index < -0.39 is 0 Å². The molecule has 4 rings (SSSR count). The Balaban J connectivity index is 0.00000131. The zero-order valence-corrected chi connectivity index (χ0v) is 18.7. The molecular weight excluding hydrogens is 421 g/mol. The van der Waals surface area contributed by atoms with Gasteiger partial charge in [0, 0.05) is 61.2 Å². The van der Waals surface area contributed by atoms with Crippen molar-refractivity contribution in [3.8, 4) is 0 Å². The standard InChI is InChI=1S/C19H23N3OS2.2ClH/c1-13-10-16-18(22-8-7-20-15(11-22)5-9-23-2)17-14(4-3-6-21-17)12-24-19(16)25-13;;/h3-4,6,10,12,15,20H,5,7-9,11H2,1-2H3;2*1H. The second kappa shape index (κ2) is 10.1. The van der Waals surface area contributed by atoms with Crippen LogP contribution in [0, 0.1) is 6.92 Å². The highest BCUT2D eigenvalue weighted by molar-refractivity contribution is 8.08. The SMILES string of the molecule is COCCC1CN(C2=c3ncccc3=CSc3sc(C)cc32)CCN1.Cl.Cl. The van der Waals surface area contributed by atoms with E-state index in [1.54, 1.807) is 7.11 Å². The summed E-state index contributed by atoms with van der Waals surface area (Å²) in [7, 11) is 1.77. The van der Waals surface area contributed by atoms with Gasteiger partial charge in [0.15, 0.2) is 0 Å². The van der Waals surface area contributed by atoms with E-state index in [0.717, 1.165) is 38.0 Å². The number of aromatic nitrogens is 1. The predicted molar refractivity (Wildman–Crippen MR) is 120 cm³/mol. The van der Waals surface area contributed by atoms with Crippen molar-refractivity contribution >= 4 is 59.0 Å². The van der Waals surface area contributed by atoms with Crippen molar-refractivity contribution in [2.45, 2.75) is 23.6 Å². The van der Waals surface area contributed by atoms with E-state index in [4.69, 9.17) is 9.72 Å². The minimum atomic E-state index is 0. The topological polar surface area (TPSA) is 37.4 Å². The van der Waals surface area contributed by atoms with Crippen molar-refractivity contribution in [3.05, 3.63) is 45.4 Å². The average Bonchev–Trinajstić information content (AvgIpc) is 2.93. The Morgan fingerprint density at radius 3 is 3.04 bits per heavy atom. The monoisotopic (exact) mass is 445 g/mol. The van der Waals surface area contributed by atoms with Crippen LogP contribution in [0.2, 0.25) is 0 Å². The largest absolute Gasteiger partial charge is 0.385 e. The van der Waals surface area contributed by atoms with E-state index in [1.165, 1.54) is 25.6 Å². The maximum Gasteiger partial charge on any atom is 0.0947 e. The molecule has 0 aliphatic carbocycles. The Kier molecular flexibility index (Phi) is 8.46. The number of ether oxygens (including phenoxy) is 1. The Morgan fingerprint density at radius 2 is 2.22 bits per heavy atom. The molecule has 0 aromatic carbocycles. The first-order valence-electron chi connectivity index (χ1n) is 8.66. The molecule has 0 saturated carbocycles. The van der Waals surface area contributed by atoms with Gasteiger partial charge in [0.2, 0.25) is 0 Å². The third kappa shape index (κ3) is 4.81. The van der Waals surface area contributed by atoms with E-state index in [1.807, 2.05) is 35.4 Å². The summed E-state index contributed by atoms with van der Waals surface area (Å²) in [5.74, 6) is 0. The molecule has 2 aliphatic heterocycles. The summed E-state index contributed by atoms with van der Waals surface area (Å²) in [6, 6.07) is 6.98. The molecule has 0 radical (unpaired) electrons. The van der Waals surface area contributed by atoms with Crippen LogP contribution < -0.4 is 15.9 Å². The number of hydrogen-bond donors (Lipinski definition) is 1. The molecule has 27 heavy (non-hydrogen) atoms. The second-order valence-corrected chi connectivity index (χ2v) is 8.86. The number of hydrogen-bond acceptors (Lipinski definition) is 6. The fourth-order valence-corrected chi connectivity index (χ4v) is 5.68. The van der Waals surface area contributed by atoms with Crippen molar-refractivity contribution in [1.29, 1.82) is 0 Å². The number of nitrogens with one attached hydrogen (secondary N) is 1. The Hall–Kier alpha value is -0.760. The van der Waals surface area contributed by atoms with Gasteiger partial charge in [0.25, 0.3) is 0 Å². The van der Waals surface area contributed by atoms with Gasteiger partial charge in [-0.05, 0) is 30.9 Å². The maximum atomic E-state index is 5.28. The predicted octanol–water partition coefficient (Wildman–Crippen LogP) is 2.61. The normalized spacial score (nSPS) is 18.4. The number of thioether (sulfide) groups is 1. The molecule has 148 valence electrons. The number of rotatable bonds is 4. The minimum absolute atomic E-state index is 0. The van der Waals surface area contributed by atoms with Gasteiger partial charge in [-0.15, -0.1) is 36.2 Å². The van der Waals surface area contributed by atoms with Crippen LogP contribution in [0.4, 0.5) is 0 Å². The zero-order valence-electron chi connectivity index (χ0n) is 15.4. The van der Waals surface area contributed by atoms with Crippen LogP contribution in [0.25, 0.3) is 11.1 Å². The van der Waals surface area contributed by atoms with Crippen LogP contribution >= 0.6 is 47.9 Å². The quantitative estimate of drug-likeness (QED) is 0.782. The van der Waals surface area contributed by atoms with Crippen LogP contribution in [0.15, 0.2) is 28.6 Å². The van der Waals surface area contributed by atoms with Crippen LogP contribution in [0.1, 0.15) is 16.9 Å². The van der Waals surface area contributed by atoms with E-state index in [-0.39, 0.29) is 24.8 Å². The number of halogens is 2. The molecule has 0 amide bonds. The maximum absolute atomic E-state index is 5.28. The Labute approximate surface area is 180 Å². The fraction of sp³-hybridized carbons (Fsp3) is 0.421. The summed E-state index contributed by atoms with van der Waals surface area (Å²) in [5, 5.41) is 8.20. The highest BCUT2D eigenvalue weighted by atomic mass is 35.5. The lowest BCUT2D eigenvalue weighted by atomic mass is 10.1. The van der Waals surface area contributed by atoms with Gasteiger partial charge in [-0.2, -0.15) is 0 Å². The highest BCUT2D eigenvalue weighted by Crippen LogP contribution is 2.37. The van der Waals surface area contributed by atoms with Gasteiger partial charge < -0.3 is 15.0 Å². The molecule has 8 heteroatoms. The number of aryl methyl sites for hydroxylation is 1. The van der Waals surface area contributed by atoms with E-state index >= 15 is 0 Å². The number of methoxy groups -OCH3 is 1. The Bertz CT molecular complexity index is 887. The number of pyridine rings is 1. The number of nitrogens with zero attached hydrogens (tertiary/aromatic N) is 2. The number of piperazine rings is 1. The van der Waals surface area contributed by atoms with Crippen molar-refractivity contribution in [2.75, 3.05) is 33.4 Å². The third-order valence-corrected chi connectivity index (χ3v) is 6.86. The van der Waals surface area contributed by atoms with Crippen molar-refractivity contribution < 1.29 is 4.74 Å². The molecule has 2 aromatic heterocycles. The van der Waals surface area contributed by atoms with E-state index in [2.05, 4.69) is 34.7 Å². The molecule has 2 aromatic rings. The first-order chi connectivity index (χ1) is 12.3.